The minimum atomic E-state index is 0.528. The Labute approximate surface area is 99.6 Å². The molecule has 0 saturated heterocycles. The molecule has 0 spiro atoms. The molecule has 0 heterocycles. The first-order valence-electron chi connectivity index (χ1n) is 6.14. The maximum atomic E-state index is 4.00. The van der Waals surface area contributed by atoms with Crippen LogP contribution >= 0.6 is 0 Å². The van der Waals surface area contributed by atoms with Crippen LogP contribution in [0.2, 0.25) is 0 Å². The van der Waals surface area contributed by atoms with E-state index in [2.05, 4.69) is 56.1 Å². The second-order valence-corrected chi connectivity index (χ2v) is 4.50. The van der Waals surface area contributed by atoms with E-state index in [4.69, 9.17) is 0 Å². The molecule has 1 rings (SSSR count). The van der Waals surface area contributed by atoms with Gasteiger partial charge in [-0.15, -0.1) is 6.58 Å². The van der Waals surface area contributed by atoms with Gasteiger partial charge in [-0.3, -0.25) is 0 Å². The van der Waals surface area contributed by atoms with E-state index < -0.39 is 0 Å². The first-order valence-corrected chi connectivity index (χ1v) is 6.14. The molecule has 1 heteroatoms. The predicted octanol–water partition coefficient (Wildman–Crippen LogP) is 3.56. The van der Waals surface area contributed by atoms with Gasteiger partial charge in [-0.1, -0.05) is 42.8 Å². The molecular weight excluding hydrogens is 194 g/mol. The fourth-order valence-electron chi connectivity index (χ4n) is 1.88. The van der Waals surface area contributed by atoms with Gasteiger partial charge < -0.3 is 5.32 Å². The first-order chi connectivity index (χ1) is 7.72. The maximum absolute atomic E-state index is 4.00. The van der Waals surface area contributed by atoms with Gasteiger partial charge in [0.2, 0.25) is 0 Å². The Hall–Kier alpha value is -1.08. The van der Waals surface area contributed by atoms with Gasteiger partial charge in [-0.2, -0.15) is 0 Å². The molecule has 0 aliphatic heterocycles. The molecule has 0 bridgehead atoms. The summed E-state index contributed by atoms with van der Waals surface area (Å²) in [5.74, 6) is 0. The summed E-state index contributed by atoms with van der Waals surface area (Å²) in [5.41, 5.74) is 2.65. The molecule has 1 nitrogen and oxygen atoms in total. The topological polar surface area (TPSA) is 12.0 Å². The number of benzene rings is 1. The minimum Gasteiger partial charge on any atom is -0.313 e. The van der Waals surface area contributed by atoms with Crippen molar-refractivity contribution in [3.05, 3.63) is 48.0 Å². The van der Waals surface area contributed by atoms with Crippen LogP contribution in [0, 0.1) is 0 Å². The summed E-state index contributed by atoms with van der Waals surface area (Å²) < 4.78 is 0. The number of nitrogens with one attached hydrogen (secondary N) is 1. The molecule has 1 N–H and O–H groups in total. The SMILES string of the molecule is C=C(C)CC(Cc1ccccc1)NCCC. The van der Waals surface area contributed by atoms with Gasteiger partial charge in [0.1, 0.15) is 0 Å². The van der Waals surface area contributed by atoms with Gasteiger partial charge in [0.25, 0.3) is 0 Å². The largest absolute Gasteiger partial charge is 0.313 e. The molecule has 0 aliphatic rings. The second kappa shape index (κ2) is 7.24. The molecule has 88 valence electrons. The van der Waals surface area contributed by atoms with Crippen LogP contribution in [0.25, 0.3) is 0 Å². The van der Waals surface area contributed by atoms with E-state index in [0.717, 1.165) is 19.4 Å². The van der Waals surface area contributed by atoms with Crippen molar-refractivity contribution in [1.29, 1.82) is 0 Å². The Balaban J connectivity index is 2.52. The standard InChI is InChI=1S/C15H23N/c1-4-10-16-15(11-13(2)3)12-14-8-6-5-7-9-14/h5-9,15-16H,2,4,10-12H2,1,3H3. The van der Waals surface area contributed by atoms with Gasteiger partial charge in [-0.05, 0) is 38.3 Å². The predicted molar refractivity (Wildman–Crippen MR) is 71.7 cm³/mol. The molecule has 0 aromatic heterocycles. The average Bonchev–Trinajstić information content (AvgIpc) is 2.26. The minimum absolute atomic E-state index is 0.528. The lowest BCUT2D eigenvalue weighted by atomic mass is 10.0. The molecule has 1 aromatic rings. The van der Waals surface area contributed by atoms with E-state index in [1.807, 2.05) is 0 Å². The maximum Gasteiger partial charge on any atom is 0.0144 e. The lowest BCUT2D eigenvalue weighted by Gasteiger charge is -2.18. The van der Waals surface area contributed by atoms with Crippen LogP contribution in [-0.4, -0.2) is 12.6 Å². The lowest BCUT2D eigenvalue weighted by Crippen LogP contribution is -2.32. The summed E-state index contributed by atoms with van der Waals surface area (Å²) in [5, 5.41) is 3.59. The smallest absolute Gasteiger partial charge is 0.0144 e. The zero-order chi connectivity index (χ0) is 11.8. The summed E-state index contributed by atoms with van der Waals surface area (Å²) in [6.45, 7) is 9.40. The third kappa shape index (κ3) is 5.13. The zero-order valence-electron chi connectivity index (χ0n) is 10.5. The van der Waals surface area contributed by atoms with Crippen molar-refractivity contribution in [2.24, 2.45) is 0 Å². The lowest BCUT2D eigenvalue weighted by molar-refractivity contribution is 0.503. The molecule has 16 heavy (non-hydrogen) atoms. The van der Waals surface area contributed by atoms with Crippen LogP contribution in [0.1, 0.15) is 32.3 Å². The van der Waals surface area contributed by atoms with Crippen LogP contribution in [0.5, 0.6) is 0 Å². The number of hydrogen-bond donors (Lipinski definition) is 1. The fourth-order valence-corrected chi connectivity index (χ4v) is 1.88. The fraction of sp³-hybridized carbons (Fsp3) is 0.467. The molecule has 1 aromatic carbocycles. The van der Waals surface area contributed by atoms with E-state index >= 15 is 0 Å². The van der Waals surface area contributed by atoms with Crippen LogP contribution in [0.3, 0.4) is 0 Å². The average molecular weight is 217 g/mol. The summed E-state index contributed by atoms with van der Waals surface area (Å²) >= 11 is 0. The van der Waals surface area contributed by atoms with Crippen molar-refractivity contribution >= 4 is 0 Å². The molecule has 1 atom stereocenters. The molecule has 0 aliphatic carbocycles. The van der Waals surface area contributed by atoms with Crippen LogP contribution in [-0.2, 0) is 6.42 Å². The highest BCUT2D eigenvalue weighted by atomic mass is 14.9. The van der Waals surface area contributed by atoms with Crippen molar-refractivity contribution in [1.82, 2.24) is 5.32 Å². The monoisotopic (exact) mass is 217 g/mol. The van der Waals surface area contributed by atoms with Crippen molar-refractivity contribution in [2.45, 2.75) is 39.2 Å². The van der Waals surface area contributed by atoms with Gasteiger partial charge in [0, 0.05) is 6.04 Å². The van der Waals surface area contributed by atoms with Crippen molar-refractivity contribution in [2.75, 3.05) is 6.54 Å². The highest BCUT2D eigenvalue weighted by Crippen LogP contribution is 2.09. The van der Waals surface area contributed by atoms with Crippen LogP contribution in [0.15, 0.2) is 42.5 Å². The van der Waals surface area contributed by atoms with E-state index in [-0.39, 0.29) is 0 Å². The summed E-state index contributed by atoms with van der Waals surface area (Å²) in [6, 6.07) is 11.2. The third-order valence-corrected chi connectivity index (χ3v) is 2.60. The molecular formula is C15H23N. The van der Waals surface area contributed by atoms with Gasteiger partial charge in [0.15, 0.2) is 0 Å². The highest BCUT2D eigenvalue weighted by Gasteiger charge is 2.08. The van der Waals surface area contributed by atoms with Gasteiger partial charge in [-0.25, -0.2) is 0 Å². The van der Waals surface area contributed by atoms with Crippen molar-refractivity contribution in [3.8, 4) is 0 Å². The first kappa shape index (κ1) is 13.0. The number of rotatable bonds is 7. The Morgan fingerprint density at radius 1 is 1.31 bits per heavy atom. The van der Waals surface area contributed by atoms with E-state index in [1.54, 1.807) is 0 Å². The van der Waals surface area contributed by atoms with Crippen molar-refractivity contribution in [3.63, 3.8) is 0 Å². The summed E-state index contributed by atoms with van der Waals surface area (Å²) in [7, 11) is 0. The second-order valence-electron chi connectivity index (χ2n) is 4.50. The van der Waals surface area contributed by atoms with E-state index in [1.165, 1.54) is 17.6 Å². The van der Waals surface area contributed by atoms with E-state index in [0.29, 0.717) is 6.04 Å². The highest BCUT2D eigenvalue weighted by molar-refractivity contribution is 5.16. The summed E-state index contributed by atoms with van der Waals surface area (Å²) in [6.07, 6.45) is 3.34. The van der Waals surface area contributed by atoms with Gasteiger partial charge >= 0.3 is 0 Å². The van der Waals surface area contributed by atoms with E-state index in [9.17, 15) is 0 Å². The molecule has 0 fully saturated rings. The molecule has 1 unspecified atom stereocenters. The third-order valence-electron chi connectivity index (χ3n) is 2.60. The molecule has 0 saturated carbocycles. The van der Waals surface area contributed by atoms with Crippen LogP contribution in [0.4, 0.5) is 0 Å². The Morgan fingerprint density at radius 3 is 2.56 bits per heavy atom. The normalized spacial score (nSPS) is 12.4. The molecule has 0 amide bonds. The Kier molecular flexibility index (Phi) is 5.87. The molecule has 0 radical (unpaired) electrons. The Bertz CT molecular complexity index is 302. The van der Waals surface area contributed by atoms with Crippen LogP contribution < -0.4 is 5.32 Å². The van der Waals surface area contributed by atoms with Gasteiger partial charge in [0.05, 0.1) is 0 Å². The quantitative estimate of drug-likeness (QED) is 0.689. The Morgan fingerprint density at radius 2 is 2.00 bits per heavy atom. The summed E-state index contributed by atoms with van der Waals surface area (Å²) in [4.78, 5) is 0. The zero-order valence-corrected chi connectivity index (χ0v) is 10.5. The number of hydrogen-bond acceptors (Lipinski definition) is 1. The van der Waals surface area contributed by atoms with Crippen molar-refractivity contribution < 1.29 is 0 Å².